The summed E-state index contributed by atoms with van der Waals surface area (Å²) in [6, 6.07) is 16.0. The van der Waals surface area contributed by atoms with Crippen LogP contribution in [0.5, 0.6) is 0 Å². The molecule has 6 rings (SSSR count). The minimum absolute atomic E-state index is 0.00161. The average Bonchev–Trinajstić information content (AvgIpc) is 3.18. The fourth-order valence-electron chi connectivity index (χ4n) is 6.31. The number of nitrogens with zero attached hydrogens (tertiary/aromatic N) is 5. The van der Waals surface area contributed by atoms with Crippen LogP contribution in [0.25, 0.3) is 22.3 Å². The molecule has 0 unspecified atom stereocenters. The number of alkyl halides is 3. The molecule has 3 atom stereocenters. The van der Waals surface area contributed by atoms with Gasteiger partial charge in [-0.1, -0.05) is 49.0 Å². The van der Waals surface area contributed by atoms with Crippen LogP contribution in [-0.2, 0) is 18.6 Å². The van der Waals surface area contributed by atoms with Crippen LogP contribution in [0.4, 0.5) is 13.2 Å². The number of hydrogen-bond acceptors (Lipinski definition) is 5. The zero-order valence-electron chi connectivity index (χ0n) is 21.7. The molecule has 2 fully saturated rings. The molecule has 2 aromatic heterocycles. The van der Waals surface area contributed by atoms with Crippen LogP contribution >= 0.6 is 11.8 Å². The molecule has 1 saturated carbocycles. The van der Waals surface area contributed by atoms with E-state index >= 15 is 0 Å². The zero-order chi connectivity index (χ0) is 26.7. The summed E-state index contributed by atoms with van der Waals surface area (Å²) in [7, 11) is 2.00. The lowest BCUT2D eigenvalue weighted by atomic mass is 9.92. The van der Waals surface area contributed by atoms with E-state index < -0.39 is 11.7 Å². The lowest BCUT2D eigenvalue weighted by Gasteiger charge is -2.23. The maximum absolute atomic E-state index is 13.0. The summed E-state index contributed by atoms with van der Waals surface area (Å²) in [6.07, 6.45) is -3.28. The van der Waals surface area contributed by atoms with Gasteiger partial charge in [0.05, 0.1) is 11.1 Å². The molecule has 0 bridgehead atoms. The molecule has 2 aromatic carbocycles. The Morgan fingerprint density at radius 2 is 1.84 bits per heavy atom. The number of fused-ring (bicyclic) bond motifs is 2. The van der Waals surface area contributed by atoms with Gasteiger partial charge >= 0.3 is 6.18 Å². The van der Waals surface area contributed by atoms with Crippen molar-refractivity contribution in [1.29, 1.82) is 0 Å². The first-order chi connectivity index (χ1) is 18.2. The Bertz CT molecular complexity index is 1480. The van der Waals surface area contributed by atoms with Crippen molar-refractivity contribution >= 4 is 22.7 Å². The molecule has 5 nitrogen and oxygen atoms in total. The molecule has 1 saturated heterocycles. The van der Waals surface area contributed by atoms with Gasteiger partial charge in [0.2, 0.25) is 0 Å². The molecule has 38 heavy (non-hydrogen) atoms. The molecule has 3 heterocycles. The number of thioether (sulfide) groups is 1. The quantitative estimate of drug-likeness (QED) is 0.203. The molecular weight excluding hydrogens is 507 g/mol. The Morgan fingerprint density at radius 1 is 1.05 bits per heavy atom. The first-order valence-corrected chi connectivity index (χ1v) is 14.0. The van der Waals surface area contributed by atoms with Gasteiger partial charge in [0, 0.05) is 47.9 Å². The Morgan fingerprint density at radius 3 is 2.61 bits per heavy atom. The van der Waals surface area contributed by atoms with E-state index in [-0.39, 0.29) is 5.41 Å². The summed E-state index contributed by atoms with van der Waals surface area (Å²) < 4.78 is 41.1. The van der Waals surface area contributed by atoms with E-state index in [0.29, 0.717) is 11.8 Å². The molecular formula is C29H30F3N5S. The summed E-state index contributed by atoms with van der Waals surface area (Å²) >= 11 is 1.71. The molecule has 0 amide bonds. The lowest BCUT2D eigenvalue weighted by molar-refractivity contribution is -0.137. The fraction of sp³-hybridized carbons (Fsp3) is 0.414. The van der Waals surface area contributed by atoms with E-state index in [1.54, 1.807) is 23.9 Å². The third kappa shape index (κ3) is 4.29. The first kappa shape index (κ1) is 25.4. The summed E-state index contributed by atoms with van der Waals surface area (Å²) in [5.41, 5.74) is 3.43. The Labute approximate surface area is 224 Å². The third-order valence-electron chi connectivity index (χ3n) is 8.46. The van der Waals surface area contributed by atoms with Crippen molar-refractivity contribution in [1.82, 2.24) is 24.6 Å². The van der Waals surface area contributed by atoms with Gasteiger partial charge in [0.25, 0.3) is 0 Å². The van der Waals surface area contributed by atoms with Crippen LogP contribution in [-0.4, -0.2) is 50.0 Å². The maximum atomic E-state index is 13.0. The molecule has 4 aromatic rings. The van der Waals surface area contributed by atoms with Crippen LogP contribution in [0.15, 0.2) is 59.8 Å². The number of aromatic nitrogens is 4. The average molecular weight is 538 g/mol. The van der Waals surface area contributed by atoms with E-state index in [2.05, 4.69) is 39.1 Å². The van der Waals surface area contributed by atoms with Crippen molar-refractivity contribution in [3.63, 3.8) is 0 Å². The SMILES string of the molecule is Cc1ccc2c(-c3nnc(SCCCN4C[C@@H]5[C@H](C)[C@]5(c5ccc(C(F)(F)F)cc5)C4)n3C)cccc2n1. The number of aryl methyl sites for hydroxylation is 1. The van der Waals surface area contributed by atoms with Gasteiger partial charge < -0.3 is 9.47 Å². The number of piperidine rings is 1. The van der Waals surface area contributed by atoms with E-state index in [9.17, 15) is 13.2 Å². The highest BCUT2D eigenvalue weighted by Gasteiger charge is 2.66. The number of pyridine rings is 1. The van der Waals surface area contributed by atoms with Gasteiger partial charge in [0.15, 0.2) is 11.0 Å². The van der Waals surface area contributed by atoms with Crippen molar-refractivity contribution in [3.8, 4) is 11.4 Å². The van der Waals surface area contributed by atoms with Crippen LogP contribution in [0.2, 0.25) is 0 Å². The van der Waals surface area contributed by atoms with Gasteiger partial charge in [-0.15, -0.1) is 10.2 Å². The zero-order valence-corrected chi connectivity index (χ0v) is 22.5. The second-order valence-corrected chi connectivity index (χ2v) is 11.7. The highest BCUT2D eigenvalue weighted by molar-refractivity contribution is 7.99. The summed E-state index contributed by atoms with van der Waals surface area (Å²) in [6.45, 7) is 7.11. The number of benzene rings is 2. The van der Waals surface area contributed by atoms with Gasteiger partial charge in [-0.25, -0.2) is 0 Å². The second kappa shape index (κ2) is 9.38. The molecule has 1 aliphatic heterocycles. The van der Waals surface area contributed by atoms with Gasteiger partial charge in [-0.3, -0.25) is 4.98 Å². The summed E-state index contributed by atoms with van der Waals surface area (Å²) in [5, 5.41) is 10.9. The lowest BCUT2D eigenvalue weighted by Crippen LogP contribution is -2.30. The molecule has 0 radical (unpaired) electrons. The van der Waals surface area contributed by atoms with Crippen molar-refractivity contribution in [2.75, 3.05) is 25.4 Å². The molecule has 0 N–H and O–H groups in total. The minimum atomic E-state index is -4.29. The molecule has 9 heteroatoms. The monoisotopic (exact) mass is 537 g/mol. The third-order valence-corrected chi connectivity index (χ3v) is 9.56. The number of rotatable bonds is 7. The summed E-state index contributed by atoms with van der Waals surface area (Å²) in [4.78, 5) is 7.10. The smallest absolute Gasteiger partial charge is 0.305 e. The number of halogens is 3. The van der Waals surface area contributed by atoms with Crippen molar-refractivity contribution < 1.29 is 13.2 Å². The highest BCUT2D eigenvalue weighted by Crippen LogP contribution is 2.64. The van der Waals surface area contributed by atoms with E-state index in [1.165, 1.54) is 12.1 Å². The Balaban J connectivity index is 1.06. The predicted octanol–water partition coefficient (Wildman–Crippen LogP) is 6.36. The molecule has 0 spiro atoms. The van der Waals surface area contributed by atoms with E-state index in [0.717, 1.165) is 70.5 Å². The van der Waals surface area contributed by atoms with Gasteiger partial charge in [-0.2, -0.15) is 13.2 Å². The standard InChI is InChI=1S/C29H30F3N5S/c1-18-8-13-22-23(6-4-7-25(22)33-18)26-34-35-27(36(26)3)38-15-5-14-37-16-24-19(2)28(24,17-37)20-9-11-21(12-10-20)29(30,31)32/h4,6-13,19,24H,5,14-17H2,1-3H3/t19-,24+,28-/m0/s1. The molecule has 1 aliphatic carbocycles. The first-order valence-electron chi connectivity index (χ1n) is 13.0. The summed E-state index contributed by atoms with van der Waals surface area (Å²) in [5.74, 6) is 2.78. The van der Waals surface area contributed by atoms with Crippen LogP contribution < -0.4 is 0 Å². The molecule has 198 valence electrons. The normalized spacial score (nSPS) is 23.2. The van der Waals surface area contributed by atoms with Crippen molar-refractivity contribution in [3.05, 3.63) is 71.4 Å². The minimum Gasteiger partial charge on any atom is -0.305 e. The highest BCUT2D eigenvalue weighted by atomic mass is 32.2. The van der Waals surface area contributed by atoms with E-state index in [4.69, 9.17) is 0 Å². The topological polar surface area (TPSA) is 46.8 Å². The largest absolute Gasteiger partial charge is 0.416 e. The number of likely N-dealkylation sites (tertiary alicyclic amines) is 1. The van der Waals surface area contributed by atoms with Gasteiger partial charge in [0.1, 0.15) is 0 Å². The Kier molecular flexibility index (Phi) is 6.26. The Hall–Kier alpha value is -2.91. The molecule has 2 aliphatic rings. The second-order valence-electron chi connectivity index (χ2n) is 10.6. The predicted molar refractivity (Wildman–Crippen MR) is 144 cm³/mol. The maximum Gasteiger partial charge on any atom is 0.416 e. The van der Waals surface area contributed by atoms with E-state index in [1.807, 2.05) is 36.7 Å². The van der Waals surface area contributed by atoms with Crippen LogP contribution in [0.3, 0.4) is 0 Å². The van der Waals surface area contributed by atoms with Crippen LogP contribution in [0, 0.1) is 18.8 Å². The van der Waals surface area contributed by atoms with Crippen molar-refractivity contribution in [2.24, 2.45) is 18.9 Å². The van der Waals surface area contributed by atoms with Gasteiger partial charge in [-0.05, 0) is 61.6 Å². The van der Waals surface area contributed by atoms with Crippen molar-refractivity contribution in [2.45, 2.75) is 37.0 Å². The fourth-order valence-corrected chi connectivity index (χ4v) is 7.14. The van der Waals surface area contributed by atoms with Crippen LogP contribution in [0.1, 0.15) is 30.2 Å². The number of hydrogen-bond donors (Lipinski definition) is 0.